The summed E-state index contributed by atoms with van der Waals surface area (Å²) in [5, 5.41) is 35.7. The average Bonchev–Trinajstić information content (AvgIpc) is 2.83. The largest absolute Gasteiger partial charge is 0.387 e. The lowest BCUT2D eigenvalue weighted by molar-refractivity contribution is -0.150. The summed E-state index contributed by atoms with van der Waals surface area (Å²) < 4.78 is 5.01. The van der Waals surface area contributed by atoms with Gasteiger partial charge in [0.2, 0.25) is 5.91 Å². The van der Waals surface area contributed by atoms with Crippen LogP contribution in [0.15, 0.2) is 12.2 Å². The molecule has 1 aliphatic rings. The number of carbonyl (C=O) groups is 2. The number of ether oxygens (including phenoxy) is 1. The highest BCUT2D eigenvalue weighted by molar-refractivity contribution is 5.89. The van der Waals surface area contributed by atoms with Gasteiger partial charge in [-0.05, 0) is 25.2 Å². The molecule has 0 aromatic rings. The van der Waals surface area contributed by atoms with E-state index in [9.17, 15) is 24.9 Å². The van der Waals surface area contributed by atoms with Crippen LogP contribution < -0.4 is 10.6 Å². The summed E-state index contributed by atoms with van der Waals surface area (Å²) in [6.45, 7) is 4.51. The molecule has 6 atom stereocenters. The molecule has 2 amide bonds. The summed E-state index contributed by atoms with van der Waals surface area (Å²) in [6, 6.07) is -0.706. The lowest BCUT2D eigenvalue weighted by atomic mass is 9.99. The second-order valence-electron chi connectivity index (χ2n) is 6.75. The molecular formula is C18H32N2O6. The molecule has 1 fully saturated rings. The van der Waals surface area contributed by atoms with Crippen molar-refractivity contribution in [2.75, 3.05) is 13.7 Å². The minimum absolute atomic E-state index is 0.212. The first-order valence-electron chi connectivity index (χ1n) is 9.15. The van der Waals surface area contributed by atoms with E-state index in [2.05, 4.69) is 10.6 Å². The molecule has 8 nitrogen and oxygen atoms in total. The fourth-order valence-electron chi connectivity index (χ4n) is 2.67. The number of amides is 2. The normalized spacial score (nSPS) is 24.2. The number of rotatable bonds is 9. The van der Waals surface area contributed by atoms with Crippen LogP contribution >= 0.6 is 0 Å². The smallest absolute Gasteiger partial charge is 0.252 e. The van der Waals surface area contributed by atoms with Gasteiger partial charge in [0.1, 0.15) is 24.4 Å². The van der Waals surface area contributed by atoms with Gasteiger partial charge in [-0.15, -0.1) is 0 Å². The van der Waals surface area contributed by atoms with Crippen molar-refractivity contribution >= 4 is 11.8 Å². The van der Waals surface area contributed by atoms with Crippen LogP contribution in [0.4, 0.5) is 0 Å². The highest BCUT2D eigenvalue weighted by Gasteiger charge is 2.36. The monoisotopic (exact) mass is 372 g/mol. The van der Waals surface area contributed by atoms with Gasteiger partial charge in [-0.3, -0.25) is 9.59 Å². The molecule has 5 N–H and O–H groups in total. The highest BCUT2D eigenvalue weighted by Crippen LogP contribution is 2.12. The van der Waals surface area contributed by atoms with Crippen LogP contribution in [-0.2, 0) is 14.3 Å². The zero-order valence-electron chi connectivity index (χ0n) is 15.7. The summed E-state index contributed by atoms with van der Waals surface area (Å²) in [5.41, 5.74) is 0. The quantitative estimate of drug-likeness (QED) is 0.346. The van der Waals surface area contributed by atoms with Crippen LogP contribution in [0.5, 0.6) is 0 Å². The first-order chi connectivity index (χ1) is 12.3. The Labute approximate surface area is 154 Å². The lowest BCUT2D eigenvalue weighted by Crippen LogP contribution is -2.55. The van der Waals surface area contributed by atoms with Gasteiger partial charge in [-0.1, -0.05) is 32.4 Å². The zero-order chi connectivity index (χ0) is 19.7. The minimum atomic E-state index is -1.65. The lowest BCUT2D eigenvalue weighted by Gasteiger charge is -2.28. The van der Waals surface area contributed by atoms with E-state index >= 15 is 0 Å². The number of aliphatic hydroxyl groups excluding tert-OH is 3. The van der Waals surface area contributed by atoms with Gasteiger partial charge < -0.3 is 30.7 Å². The van der Waals surface area contributed by atoms with E-state index in [1.165, 1.54) is 13.2 Å². The number of nitrogens with one attached hydrogen (secondary N) is 2. The molecule has 0 aromatic heterocycles. The molecule has 0 radical (unpaired) electrons. The van der Waals surface area contributed by atoms with E-state index in [4.69, 9.17) is 4.74 Å². The first kappa shape index (κ1) is 22.6. The van der Waals surface area contributed by atoms with Gasteiger partial charge >= 0.3 is 0 Å². The summed E-state index contributed by atoms with van der Waals surface area (Å²) in [5.74, 6) is -0.777. The van der Waals surface area contributed by atoms with E-state index in [0.29, 0.717) is 13.0 Å². The maximum Gasteiger partial charge on any atom is 0.252 e. The standard InChI is InChI=1S/C18H32N2O6/c1-4-11(2)8-9-13(21)14(22)15(23)16(26-3)18(25)20-12-7-5-6-10-19-17(12)24/h8-9,11-16,21-23H,4-7,10H2,1-3H3,(H,19,24)(H,20,25)/t11?,12-,13+,14-,15+,16+/m0/s1. The summed E-state index contributed by atoms with van der Waals surface area (Å²) >= 11 is 0. The summed E-state index contributed by atoms with van der Waals surface area (Å²) in [7, 11) is 1.22. The van der Waals surface area contributed by atoms with Crippen LogP contribution in [0, 0.1) is 5.92 Å². The molecule has 1 aliphatic heterocycles. The fourth-order valence-corrected chi connectivity index (χ4v) is 2.67. The highest BCUT2D eigenvalue weighted by atomic mass is 16.5. The van der Waals surface area contributed by atoms with Gasteiger partial charge in [0.15, 0.2) is 6.10 Å². The van der Waals surface area contributed by atoms with Crippen LogP contribution in [0.3, 0.4) is 0 Å². The van der Waals surface area contributed by atoms with E-state index in [-0.39, 0.29) is 11.8 Å². The Bertz CT molecular complexity index is 484. The van der Waals surface area contributed by atoms with E-state index < -0.39 is 36.4 Å². The van der Waals surface area contributed by atoms with Crippen molar-refractivity contribution in [1.29, 1.82) is 0 Å². The molecule has 0 bridgehead atoms. The SMILES string of the molecule is CCC(C)C=C[C@@H](O)[C@H](O)[C@@H](O)[C@@H](OC)C(=O)N[C@H]1CCCCNC1=O. The number of hydrogen-bond acceptors (Lipinski definition) is 6. The van der Waals surface area contributed by atoms with Gasteiger partial charge in [0.05, 0.1) is 0 Å². The predicted octanol–water partition coefficient (Wildman–Crippen LogP) is -0.529. The number of carbonyl (C=O) groups excluding carboxylic acids is 2. The molecule has 26 heavy (non-hydrogen) atoms. The Balaban J connectivity index is 2.70. The molecule has 1 saturated heterocycles. The van der Waals surface area contributed by atoms with Crippen molar-refractivity contribution in [3.8, 4) is 0 Å². The third-order valence-corrected chi connectivity index (χ3v) is 4.65. The molecule has 0 saturated carbocycles. The predicted molar refractivity (Wildman–Crippen MR) is 96.2 cm³/mol. The molecule has 1 heterocycles. The maximum absolute atomic E-state index is 12.4. The Morgan fingerprint density at radius 2 is 2.00 bits per heavy atom. The number of hydrogen-bond donors (Lipinski definition) is 5. The van der Waals surface area contributed by atoms with Crippen LogP contribution in [-0.4, -0.2) is 71.2 Å². The number of aliphatic hydroxyl groups is 3. The second kappa shape index (κ2) is 11.3. The number of methoxy groups -OCH3 is 1. The topological polar surface area (TPSA) is 128 Å². The molecule has 1 rings (SSSR count). The van der Waals surface area contributed by atoms with Gasteiger partial charge in [0, 0.05) is 13.7 Å². The van der Waals surface area contributed by atoms with Crippen molar-refractivity contribution in [2.24, 2.45) is 5.92 Å². The third-order valence-electron chi connectivity index (χ3n) is 4.65. The van der Waals surface area contributed by atoms with Gasteiger partial charge in [0.25, 0.3) is 5.91 Å². The third kappa shape index (κ3) is 6.68. The molecule has 1 unspecified atom stereocenters. The van der Waals surface area contributed by atoms with Crippen molar-refractivity contribution < 1.29 is 29.6 Å². The Hall–Kier alpha value is -1.48. The van der Waals surface area contributed by atoms with Crippen LogP contribution in [0.25, 0.3) is 0 Å². The maximum atomic E-state index is 12.4. The molecular weight excluding hydrogens is 340 g/mol. The van der Waals surface area contributed by atoms with E-state index in [1.807, 2.05) is 13.8 Å². The zero-order valence-corrected chi connectivity index (χ0v) is 15.7. The van der Waals surface area contributed by atoms with Crippen LogP contribution in [0.2, 0.25) is 0 Å². The molecule has 150 valence electrons. The fraction of sp³-hybridized carbons (Fsp3) is 0.778. The van der Waals surface area contributed by atoms with Crippen molar-refractivity contribution in [1.82, 2.24) is 10.6 Å². The van der Waals surface area contributed by atoms with E-state index in [1.54, 1.807) is 6.08 Å². The Morgan fingerprint density at radius 3 is 2.62 bits per heavy atom. The van der Waals surface area contributed by atoms with E-state index in [0.717, 1.165) is 19.3 Å². The van der Waals surface area contributed by atoms with Crippen LogP contribution in [0.1, 0.15) is 39.5 Å². The Kier molecular flexibility index (Phi) is 9.79. The van der Waals surface area contributed by atoms with Crippen molar-refractivity contribution in [2.45, 2.75) is 70.0 Å². The average molecular weight is 372 g/mol. The summed E-state index contributed by atoms with van der Waals surface area (Å²) in [6.07, 6.45) is 0.108. The van der Waals surface area contributed by atoms with Gasteiger partial charge in [-0.2, -0.15) is 0 Å². The van der Waals surface area contributed by atoms with Gasteiger partial charge in [-0.25, -0.2) is 0 Å². The second-order valence-corrected chi connectivity index (χ2v) is 6.75. The summed E-state index contributed by atoms with van der Waals surface area (Å²) in [4.78, 5) is 24.3. The molecule has 0 spiro atoms. The molecule has 0 aliphatic carbocycles. The molecule has 0 aromatic carbocycles. The Morgan fingerprint density at radius 1 is 1.31 bits per heavy atom. The first-order valence-corrected chi connectivity index (χ1v) is 9.15. The van der Waals surface area contributed by atoms with Crippen molar-refractivity contribution in [3.63, 3.8) is 0 Å². The van der Waals surface area contributed by atoms with Crippen molar-refractivity contribution in [3.05, 3.63) is 12.2 Å². The molecule has 8 heteroatoms. The number of allylic oxidation sites excluding steroid dienone is 1. The minimum Gasteiger partial charge on any atom is -0.387 e.